The second-order valence-electron chi connectivity index (χ2n) is 2.48. The van der Waals surface area contributed by atoms with Crippen molar-refractivity contribution in [1.29, 1.82) is 0 Å². The smallest absolute Gasteiger partial charge is 0.183 e. The number of phenolic OH excluding ortho intramolecular Hbond substituents is 1. The molecule has 2 N–H and O–H groups in total. The van der Waals surface area contributed by atoms with Gasteiger partial charge in [-0.05, 0) is 18.6 Å². The molecule has 0 aliphatic carbocycles. The summed E-state index contributed by atoms with van der Waals surface area (Å²) >= 11 is 5.51. The van der Waals surface area contributed by atoms with Crippen LogP contribution in [0.4, 0.5) is 4.39 Å². The van der Waals surface area contributed by atoms with E-state index in [0.717, 1.165) is 0 Å². The normalized spacial score (nSPS) is 10.3. The van der Waals surface area contributed by atoms with E-state index in [9.17, 15) is 4.39 Å². The molecule has 0 radical (unpaired) electrons. The SMILES string of the molecule is Cc1cc(O)c(F)c(Cl)c1CO. The fourth-order valence-electron chi connectivity index (χ4n) is 0.968. The molecule has 1 aromatic rings. The lowest BCUT2D eigenvalue weighted by Crippen LogP contribution is -1.93. The van der Waals surface area contributed by atoms with Crippen LogP contribution in [0.3, 0.4) is 0 Å². The molecule has 1 aromatic carbocycles. The fourth-order valence-corrected chi connectivity index (χ4v) is 1.27. The van der Waals surface area contributed by atoms with Gasteiger partial charge in [0.15, 0.2) is 11.6 Å². The highest BCUT2D eigenvalue weighted by Gasteiger charge is 2.12. The molecular weight excluding hydrogens is 183 g/mol. The van der Waals surface area contributed by atoms with E-state index < -0.39 is 11.6 Å². The number of rotatable bonds is 1. The summed E-state index contributed by atoms with van der Waals surface area (Å²) in [7, 11) is 0. The molecule has 0 heterocycles. The molecule has 0 amide bonds. The average Bonchev–Trinajstić information content (AvgIpc) is 2.01. The maximum absolute atomic E-state index is 12.9. The molecule has 0 spiro atoms. The van der Waals surface area contributed by atoms with Crippen molar-refractivity contribution in [1.82, 2.24) is 0 Å². The number of phenols is 1. The van der Waals surface area contributed by atoms with Crippen molar-refractivity contribution in [3.05, 3.63) is 28.0 Å². The predicted molar refractivity (Wildman–Crippen MR) is 43.7 cm³/mol. The Morgan fingerprint density at radius 1 is 1.58 bits per heavy atom. The van der Waals surface area contributed by atoms with Crippen molar-refractivity contribution in [3.63, 3.8) is 0 Å². The van der Waals surface area contributed by atoms with Crippen LogP contribution in [0.15, 0.2) is 6.07 Å². The summed E-state index contributed by atoms with van der Waals surface area (Å²) in [6.45, 7) is 1.30. The van der Waals surface area contributed by atoms with E-state index >= 15 is 0 Å². The lowest BCUT2D eigenvalue weighted by molar-refractivity contribution is 0.280. The molecule has 4 heteroatoms. The third-order valence-electron chi connectivity index (χ3n) is 1.67. The second-order valence-corrected chi connectivity index (χ2v) is 2.86. The highest BCUT2D eigenvalue weighted by Crippen LogP contribution is 2.30. The van der Waals surface area contributed by atoms with Gasteiger partial charge in [0.1, 0.15) is 0 Å². The van der Waals surface area contributed by atoms with Crippen LogP contribution in [0.25, 0.3) is 0 Å². The summed E-state index contributed by atoms with van der Waals surface area (Å²) in [5.41, 5.74) is 0.883. The first-order valence-electron chi connectivity index (χ1n) is 3.35. The predicted octanol–water partition coefficient (Wildman–Crippen LogP) is 1.99. The Bertz CT molecular complexity index is 312. The molecule has 0 aliphatic rings. The summed E-state index contributed by atoms with van der Waals surface area (Å²) in [6, 6.07) is 1.23. The van der Waals surface area contributed by atoms with Gasteiger partial charge in [-0.3, -0.25) is 0 Å². The monoisotopic (exact) mass is 190 g/mol. The van der Waals surface area contributed by atoms with E-state index in [1.165, 1.54) is 6.07 Å². The van der Waals surface area contributed by atoms with Crippen LogP contribution < -0.4 is 0 Å². The van der Waals surface area contributed by atoms with Crippen molar-refractivity contribution in [2.45, 2.75) is 13.5 Å². The van der Waals surface area contributed by atoms with Gasteiger partial charge in [0.25, 0.3) is 0 Å². The highest BCUT2D eigenvalue weighted by atomic mass is 35.5. The molecule has 0 aromatic heterocycles. The van der Waals surface area contributed by atoms with Crippen molar-refractivity contribution in [3.8, 4) is 5.75 Å². The zero-order chi connectivity index (χ0) is 9.30. The van der Waals surface area contributed by atoms with Gasteiger partial charge in [-0.15, -0.1) is 0 Å². The van der Waals surface area contributed by atoms with Crippen molar-refractivity contribution >= 4 is 11.6 Å². The zero-order valence-electron chi connectivity index (χ0n) is 6.43. The molecule has 0 aliphatic heterocycles. The van der Waals surface area contributed by atoms with Gasteiger partial charge in [-0.1, -0.05) is 11.6 Å². The summed E-state index contributed by atoms with van der Waals surface area (Å²) in [6.07, 6.45) is 0. The van der Waals surface area contributed by atoms with Crippen LogP contribution in [0.5, 0.6) is 5.75 Å². The summed E-state index contributed by atoms with van der Waals surface area (Å²) < 4.78 is 12.9. The van der Waals surface area contributed by atoms with Gasteiger partial charge in [0.2, 0.25) is 0 Å². The van der Waals surface area contributed by atoms with Gasteiger partial charge >= 0.3 is 0 Å². The van der Waals surface area contributed by atoms with E-state index in [4.69, 9.17) is 21.8 Å². The third kappa shape index (κ3) is 1.38. The number of halogens is 2. The Kier molecular flexibility index (Phi) is 2.55. The van der Waals surface area contributed by atoms with Crippen LogP contribution in [-0.2, 0) is 6.61 Å². The van der Waals surface area contributed by atoms with E-state index in [-0.39, 0.29) is 11.6 Å². The molecule has 0 bridgehead atoms. The van der Waals surface area contributed by atoms with Crippen molar-refractivity contribution < 1.29 is 14.6 Å². The number of aliphatic hydroxyl groups excluding tert-OH is 1. The van der Waals surface area contributed by atoms with E-state index in [1.54, 1.807) is 6.92 Å². The topological polar surface area (TPSA) is 40.5 Å². The Morgan fingerprint density at radius 3 is 2.67 bits per heavy atom. The van der Waals surface area contributed by atoms with Crippen LogP contribution in [0.2, 0.25) is 5.02 Å². The average molecular weight is 191 g/mol. The standard InChI is InChI=1S/C8H8ClFO2/c1-4-2-6(12)8(10)7(9)5(4)3-11/h2,11-12H,3H2,1H3. The Balaban J connectivity index is 3.40. The fraction of sp³-hybridized carbons (Fsp3) is 0.250. The molecule has 2 nitrogen and oxygen atoms in total. The number of aryl methyl sites for hydroxylation is 1. The minimum absolute atomic E-state index is 0.213. The van der Waals surface area contributed by atoms with Crippen molar-refractivity contribution in [2.75, 3.05) is 0 Å². The number of aliphatic hydroxyl groups is 1. The lowest BCUT2D eigenvalue weighted by atomic mass is 10.1. The van der Waals surface area contributed by atoms with Gasteiger partial charge in [-0.2, -0.15) is 0 Å². The van der Waals surface area contributed by atoms with Gasteiger partial charge in [-0.25, -0.2) is 4.39 Å². The van der Waals surface area contributed by atoms with Crippen molar-refractivity contribution in [2.24, 2.45) is 0 Å². The minimum Gasteiger partial charge on any atom is -0.505 e. The maximum Gasteiger partial charge on any atom is 0.183 e. The Morgan fingerprint density at radius 2 is 2.17 bits per heavy atom. The lowest BCUT2D eigenvalue weighted by Gasteiger charge is -2.07. The Labute approximate surface area is 74.2 Å². The van der Waals surface area contributed by atoms with E-state index in [0.29, 0.717) is 11.1 Å². The molecule has 0 saturated carbocycles. The molecule has 66 valence electrons. The van der Waals surface area contributed by atoms with Gasteiger partial charge in [0.05, 0.1) is 11.6 Å². The van der Waals surface area contributed by atoms with Gasteiger partial charge < -0.3 is 10.2 Å². The van der Waals surface area contributed by atoms with E-state index in [1.807, 2.05) is 0 Å². The molecule has 1 rings (SSSR count). The minimum atomic E-state index is -0.883. The summed E-state index contributed by atoms with van der Waals surface area (Å²) in [5.74, 6) is -1.37. The summed E-state index contributed by atoms with van der Waals surface area (Å²) in [4.78, 5) is 0. The molecule has 12 heavy (non-hydrogen) atoms. The number of hydrogen-bond acceptors (Lipinski definition) is 2. The molecule has 0 saturated heterocycles. The van der Waals surface area contributed by atoms with Crippen LogP contribution in [-0.4, -0.2) is 10.2 Å². The molecule has 0 fully saturated rings. The van der Waals surface area contributed by atoms with Crippen LogP contribution in [0.1, 0.15) is 11.1 Å². The Hall–Kier alpha value is -0.800. The first kappa shape index (κ1) is 9.29. The second kappa shape index (κ2) is 3.29. The maximum atomic E-state index is 12.9. The largest absolute Gasteiger partial charge is 0.505 e. The first-order valence-corrected chi connectivity index (χ1v) is 3.73. The molecule has 0 atom stereocenters. The molecular formula is C8H8ClFO2. The number of benzene rings is 1. The van der Waals surface area contributed by atoms with Crippen LogP contribution in [0, 0.1) is 12.7 Å². The van der Waals surface area contributed by atoms with Crippen LogP contribution >= 0.6 is 11.6 Å². The quantitative estimate of drug-likeness (QED) is 0.711. The first-order chi connectivity index (χ1) is 5.57. The highest BCUT2D eigenvalue weighted by molar-refractivity contribution is 6.31. The van der Waals surface area contributed by atoms with E-state index in [2.05, 4.69) is 0 Å². The third-order valence-corrected chi connectivity index (χ3v) is 2.06. The van der Waals surface area contributed by atoms with Gasteiger partial charge in [0, 0.05) is 5.56 Å². The number of aromatic hydroxyl groups is 1. The zero-order valence-corrected chi connectivity index (χ0v) is 7.19. The number of hydrogen-bond donors (Lipinski definition) is 2. The summed E-state index contributed by atoms with van der Waals surface area (Å²) in [5, 5.41) is 17.5. The molecule has 0 unspecified atom stereocenters.